The van der Waals surface area contributed by atoms with E-state index in [1.54, 1.807) is 144 Å². The maximum absolute atomic E-state index is 12.1. The van der Waals surface area contributed by atoms with Crippen molar-refractivity contribution in [1.82, 2.24) is 23.8 Å². The Labute approximate surface area is 623 Å². The number of aromatic nitrogens is 5. The molecule has 24 nitrogen and oxygen atoms in total. The van der Waals surface area contributed by atoms with E-state index in [-0.39, 0.29) is 90.5 Å². The van der Waals surface area contributed by atoms with Crippen LogP contribution in [0.25, 0.3) is 28.5 Å². The lowest BCUT2D eigenvalue weighted by atomic mass is 10.2. The highest BCUT2D eigenvalue weighted by Gasteiger charge is 2.16. The van der Waals surface area contributed by atoms with Crippen LogP contribution in [-0.4, -0.2) is 96.0 Å². The van der Waals surface area contributed by atoms with Gasteiger partial charge in [0, 0.05) is 94.2 Å². The second-order valence-corrected chi connectivity index (χ2v) is 26.3. The summed E-state index contributed by atoms with van der Waals surface area (Å²) in [6.45, 7) is -0.0312. The van der Waals surface area contributed by atoms with Gasteiger partial charge in [-0.25, -0.2) is 0 Å². The van der Waals surface area contributed by atoms with Crippen molar-refractivity contribution in [3.63, 3.8) is 0 Å². The molecule has 0 saturated heterocycles. The van der Waals surface area contributed by atoms with Gasteiger partial charge in [0.15, 0.2) is 23.2 Å². The number of pyridine rings is 3. The zero-order valence-electron chi connectivity index (χ0n) is 53.8. The molecule has 31 heteroatoms. The van der Waals surface area contributed by atoms with E-state index in [9.17, 15) is 43.2 Å². The molecule has 7 heterocycles. The van der Waals surface area contributed by atoms with Gasteiger partial charge in [0.25, 0.3) is 16.7 Å². The fourth-order valence-electron chi connectivity index (χ4n) is 7.84. The number of nitrogens with two attached hydrogens (primary N) is 2. The van der Waals surface area contributed by atoms with Crippen LogP contribution < -0.4 is 28.1 Å². The van der Waals surface area contributed by atoms with Gasteiger partial charge in [-0.1, -0.05) is 63.3 Å². The summed E-state index contributed by atoms with van der Waals surface area (Å²) < 4.78 is 21.3. The Hall–Kier alpha value is -10.8. The third kappa shape index (κ3) is 28.1. The van der Waals surface area contributed by atoms with Crippen LogP contribution in [-0.2, 0) is 30.3 Å². The van der Waals surface area contributed by atoms with Gasteiger partial charge in [-0.2, -0.15) is 15.5 Å². The number of ketones is 3. The maximum atomic E-state index is 12.1. The number of esters is 2. The first kappa shape index (κ1) is 81.9. The molecule has 0 aliphatic rings. The highest BCUT2D eigenvalue weighted by Crippen LogP contribution is 2.26. The molecule has 0 spiro atoms. The van der Waals surface area contributed by atoms with Gasteiger partial charge in [0.1, 0.15) is 0 Å². The highest BCUT2D eigenvalue weighted by atomic mass is 127. The molecule has 0 bridgehead atoms. The molecule has 0 fully saturated rings. The quantitative estimate of drug-likeness (QED) is 0.0118. The van der Waals surface area contributed by atoms with Crippen molar-refractivity contribution in [2.45, 2.75) is 38.5 Å². The first-order valence-electron chi connectivity index (χ1n) is 29.6. The van der Waals surface area contributed by atoms with Gasteiger partial charge in [-0.3, -0.25) is 56.9 Å². The maximum Gasteiger partial charge on any atom is 0.319 e. The summed E-state index contributed by atoms with van der Waals surface area (Å²) in [6.07, 6.45) is 5.91. The van der Waals surface area contributed by atoms with Crippen molar-refractivity contribution in [3.05, 3.63) is 292 Å². The molecule has 7 aromatic heterocycles. The van der Waals surface area contributed by atoms with Crippen molar-refractivity contribution in [2.24, 2.45) is 16.6 Å². The summed E-state index contributed by atoms with van der Waals surface area (Å²) in [5.41, 5.74) is 14.9. The van der Waals surface area contributed by atoms with Gasteiger partial charge >= 0.3 is 17.9 Å². The van der Waals surface area contributed by atoms with Crippen LogP contribution in [0.1, 0.15) is 83.7 Å². The fraction of sp³-hybridized carbons (Fsp3) is 0.127. The number of amidine groups is 1. The second-order valence-electron chi connectivity index (χ2n) is 19.9. The number of aryl methyl sites for hydroxylation is 1. The molecule has 102 heavy (non-hydrogen) atoms. The number of hydrogen-bond donors (Lipinski definition) is 4. The second kappa shape index (κ2) is 43.7. The summed E-state index contributed by atoms with van der Waals surface area (Å²) in [5, 5.41) is 40.8. The number of carboxylic acids is 1. The molecule has 11 rings (SSSR count). The van der Waals surface area contributed by atoms with Gasteiger partial charge in [0.05, 0.1) is 84.5 Å². The number of aliphatic carboxylic acids is 1. The Bertz CT molecular complexity index is 4880. The molecule has 4 aromatic carbocycles. The first-order chi connectivity index (χ1) is 49.0. The topological polar surface area (TPSA) is 378 Å². The number of oxime groups is 1. The predicted molar refractivity (Wildman–Crippen MR) is 399 cm³/mol. The highest BCUT2D eigenvalue weighted by molar-refractivity contribution is 14.1. The predicted octanol–water partition coefficient (Wildman–Crippen LogP) is 13.3. The summed E-state index contributed by atoms with van der Waals surface area (Å²) in [4.78, 5) is 107. The normalized spacial score (nSPS) is 10.1. The Kier molecular flexibility index (Phi) is 35.1. The van der Waals surface area contributed by atoms with Gasteiger partial charge in [-0.05, 0) is 174 Å². The van der Waals surface area contributed by atoms with E-state index in [1.165, 1.54) is 75.6 Å². The molecule has 0 radical (unpaired) electrons. The molecule has 0 aliphatic heterocycles. The van der Waals surface area contributed by atoms with Crippen LogP contribution in [0.2, 0.25) is 13.0 Å². The zero-order chi connectivity index (χ0) is 74.5. The first-order valence-corrected chi connectivity index (χ1v) is 34.3. The number of carboxylic acid groups (broad SMARTS) is 1. The minimum absolute atomic E-state index is 0.00527. The van der Waals surface area contributed by atoms with Crippen LogP contribution in [0, 0.1) is 26.2 Å². The van der Waals surface area contributed by atoms with E-state index >= 15 is 0 Å². The SMILES string of the molecule is COC(=O)CCC(=O)c1ccc(Cl)s1.COC(=O)CN.N#Cc1ccc(-n2ccccc2=O)cc1.N#Cc1ccc(I)cc1.N/C(=N\O)c1ccc(-n2ccccc2=O)cc1.O=C(CCc1nc(-c2ccc(-n3ccccc3=O)cc2)no1)c1ccc(Cl)s1.O=C(O)CCC(=O)c1ccc(Cl)s1. The van der Waals surface area contributed by atoms with E-state index in [2.05, 4.69) is 53.4 Å². The molecule has 11 aromatic rings. The van der Waals surface area contributed by atoms with Crippen molar-refractivity contribution in [3.8, 4) is 40.6 Å². The number of carbonyl (C=O) groups is 6. The lowest BCUT2D eigenvalue weighted by Crippen LogP contribution is -2.16. The summed E-state index contributed by atoms with van der Waals surface area (Å²) in [5.74, 6) is -1.09. The molecule has 0 aliphatic carbocycles. The van der Waals surface area contributed by atoms with E-state index in [0.717, 1.165) is 31.8 Å². The fourth-order valence-corrected chi connectivity index (χ4v) is 11.2. The Balaban J connectivity index is 0.000000224. The van der Waals surface area contributed by atoms with Crippen molar-refractivity contribution in [2.75, 3.05) is 20.8 Å². The average Bonchev–Trinajstić information content (AvgIpc) is 1.40. The van der Waals surface area contributed by atoms with E-state index in [4.69, 9.17) is 71.6 Å². The number of rotatable bonds is 18. The number of carbonyl (C=O) groups excluding carboxylic acids is 5. The Morgan fingerprint density at radius 3 is 1.29 bits per heavy atom. The molecular weight excluding hydrogens is 1550 g/mol. The zero-order valence-corrected chi connectivity index (χ0v) is 60.7. The lowest BCUT2D eigenvalue weighted by molar-refractivity contribution is -0.141. The van der Waals surface area contributed by atoms with E-state index < -0.39 is 5.97 Å². The number of thiophene rings is 3. The minimum atomic E-state index is -0.962. The molecular formula is C71H60Cl3IN10O14S3. The average molecular weight is 1610 g/mol. The Morgan fingerprint density at radius 2 is 0.941 bits per heavy atom. The number of nitriles is 2. The third-order valence-electron chi connectivity index (χ3n) is 13.0. The number of benzene rings is 4. The molecule has 0 amide bonds. The number of nitrogens with zero attached hydrogens (tertiary/aromatic N) is 8. The van der Waals surface area contributed by atoms with Crippen molar-refractivity contribution < 1.29 is 53.1 Å². The van der Waals surface area contributed by atoms with Crippen LogP contribution >= 0.6 is 91.4 Å². The van der Waals surface area contributed by atoms with E-state index in [1.807, 2.05) is 54.6 Å². The number of ether oxygens (including phenoxy) is 2. The number of Topliss-reactive ketones (excluding diaryl/α,β-unsaturated/α-hetero) is 3. The monoisotopic (exact) mass is 1600 g/mol. The number of halogens is 4. The molecule has 524 valence electrons. The minimum Gasteiger partial charge on any atom is -0.481 e. The van der Waals surface area contributed by atoms with Gasteiger partial charge in [-0.15, -0.1) is 34.0 Å². The van der Waals surface area contributed by atoms with Crippen molar-refractivity contribution in [1.29, 1.82) is 10.5 Å². The van der Waals surface area contributed by atoms with E-state index in [0.29, 0.717) is 56.9 Å². The van der Waals surface area contributed by atoms with Gasteiger partial charge in [0.2, 0.25) is 11.7 Å². The van der Waals surface area contributed by atoms with Crippen LogP contribution in [0.15, 0.2) is 231 Å². The van der Waals surface area contributed by atoms with Crippen LogP contribution in [0.5, 0.6) is 0 Å². The van der Waals surface area contributed by atoms with Crippen molar-refractivity contribution >= 4 is 132 Å². The number of methoxy groups -OCH3 is 2. The summed E-state index contributed by atoms with van der Waals surface area (Å²) in [7, 11) is 2.60. The molecule has 0 atom stereocenters. The van der Waals surface area contributed by atoms with Crippen LogP contribution in [0.4, 0.5) is 0 Å². The molecule has 0 unspecified atom stereocenters. The van der Waals surface area contributed by atoms with Crippen LogP contribution in [0.3, 0.4) is 0 Å². The third-order valence-corrected chi connectivity index (χ3v) is 17.5. The smallest absolute Gasteiger partial charge is 0.319 e. The summed E-state index contributed by atoms with van der Waals surface area (Å²) in [6, 6.07) is 57.4. The molecule has 0 saturated carbocycles. The summed E-state index contributed by atoms with van der Waals surface area (Å²) >= 11 is 23.0. The number of hydrogen-bond acceptors (Lipinski definition) is 22. The molecule has 6 N–H and O–H groups in total. The largest absolute Gasteiger partial charge is 0.481 e. The lowest BCUT2D eigenvalue weighted by Gasteiger charge is -2.05. The Morgan fingerprint density at radius 1 is 0.549 bits per heavy atom. The van der Waals surface area contributed by atoms with Gasteiger partial charge < -0.3 is 35.8 Å². The standard InChI is InChI=1S/C20H14ClN3O3S.C12H11N3O2.C12H8N2O.C9H9ClO3S.C8H7ClO3S.C7H4IN.C3H7NO2/c21-17-10-9-16(28-17)15(25)8-11-18-22-20(23-27-18)13-4-6-14(7-5-13)24-12-2-1-3-19(24)26;13-12(14-17)9-4-6-10(7-5-9)15-8-2-1-3-11(15)16;13-9-10-4-6-11(7-5-10)14-8-2-1-3-12(14)15;1-13-9(12)5-2-6(11)7-3-4-8(10)14-7;9-7-3-2-6(13-7)5(10)1-4-8(11)12;8-7-3-1-6(5-9)2-4-7;1-6-3(5)2-4/h1-7,9-10,12H,8,11H2;1-8,17H,(H2,13,14);1-8H;3-4H,2,5H2,1H3;2-3H,1,4H2,(H,11,12);1-4H;2,4H2,1H3.